The highest BCUT2D eigenvalue weighted by molar-refractivity contribution is 7.89. The summed E-state index contributed by atoms with van der Waals surface area (Å²) in [5.74, 6) is 0.661. The van der Waals surface area contributed by atoms with Crippen molar-refractivity contribution in [2.24, 2.45) is 0 Å². The van der Waals surface area contributed by atoms with Gasteiger partial charge in [-0.05, 0) is 81.3 Å². The maximum atomic E-state index is 13.1. The van der Waals surface area contributed by atoms with Crippen LogP contribution in [0.3, 0.4) is 0 Å². The van der Waals surface area contributed by atoms with Crippen LogP contribution in [0.25, 0.3) is 0 Å². The maximum absolute atomic E-state index is 13.1. The quantitative estimate of drug-likeness (QED) is 0.657. The summed E-state index contributed by atoms with van der Waals surface area (Å²) in [5, 5.41) is 0. The van der Waals surface area contributed by atoms with E-state index in [-0.39, 0.29) is 18.4 Å². The summed E-state index contributed by atoms with van der Waals surface area (Å²) in [6.45, 7) is 4.17. The van der Waals surface area contributed by atoms with Crippen LogP contribution in [-0.2, 0) is 10.0 Å². The van der Waals surface area contributed by atoms with Crippen molar-refractivity contribution in [2.45, 2.75) is 61.9 Å². The molecule has 2 aromatic carbocycles. The second kappa shape index (κ2) is 9.82. The highest BCUT2D eigenvalue weighted by Crippen LogP contribution is 2.35. The van der Waals surface area contributed by atoms with Crippen LogP contribution in [0.2, 0.25) is 0 Å². The topological polar surface area (TPSA) is 40.6 Å². The van der Waals surface area contributed by atoms with Crippen molar-refractivity contribution in [3.8, 4) is 0 Å². The van der Waals surface area contributed by atoms with Crippen molar-refractivity contribution in [2.75, 3.05) is 20.1 Å². The smallest absolute Gasteiger partial charge is 0.243 e. The Morgan fingerprint density at radius 1 is 0.933 bits per heavy atom. The fourth-order valence-corrected chi connectivity index (χ4v) is 6.56. The van der Waals surface area contributed by atoms with Crippen LogP contribution in [0.4, 0.5) is 0 Å². The van der Waals surface area contributed by atoms with Crippen molar-refractivity contribution in [1.82, 2.24) is 9.21 Å². The molecule has 0 bridgehead atoms. The molecule has 1 aliphatic carbocycles. The van der Waals surface area contributed by atoms with Gasteiger partial charge in [-0.25, -0.2) is 8.42 Å². The number of aryl methyl sites for hydroxylation is 1. The third kappa shape index (κ3) is 4.91. The molecule has 6 heteroatoms. The zero-order valence-electron chi connectivity index (χ0n) is 17.9. The van der Waals surface area contributed by atoms with E-state index in [4.69, 9.17) is 0 Å². The molecule has 0 aromatic heterocycles. The van der Waals surface area contributed by atoms with Gasteiger partial charge < -0.3 is 4.90 Å². The molecule has 2 aromatic rings. The van der Waals surface area contributed by atoms with E-state index in [2.05, 4.69) is 35.2 Å². The Labute approximate surface area is 187 Å². The summed E-state index contributed by atoms with van der Waals surface area (Å²) in [7, 11) is -1.67. The van der Waals surface area contributed by atoms with E-state index in [0.717, 1.165) is 37.9 Å². The van der Waals surface area contributed by atoms with Crippen LogP contribution in [0, 0.1) is 6.92 Å². The Bertz CT molecular complexity index is 927. The molecule has 2 atom stereocenters. The molecule has 4 nitrogen and oxygen atoms in total. The van der Waals surface area contributed by atoms with Gasteiger partial charge in [0, 0.05) is 19.1 Å². The van der Waals surface area contributed by atoms with Gasteiger partial charge >= 0.3 is 0 Å². The van der Waals surface area contributed by atoms with E-state index in [0.29, 0.717) is 16.9 Å². The number of hydrogen-bond acceptors (Lipinski definition) is 3. The van der Waals surface area contributed by atoms with Crippen LogP contribution >= 0.6 is 12.4 Å². The monoisotopic (exact) mass is 448 g/mol. The van der Waals surface area contributed by atoms with Gasteiger partial charge in [0.2, 0.25) is 10.0 Å². The molecule has 2 fully saturated rings. The van der Waals surface area contributed by atoms with E-state index in [1.807, 2.05) is 19.1 Å². The van der Waals surface area contributed by atoms with Crippen LogP contribution < -0.4 is 0 Å². The summed E-state index contributed by atoms with van der Waals surface area (Å²) in [6, 6.07) is 18.7. The Kier molecular flexibility index (Phi) is 7.61. The molecule has 0 amide bonds. The summed E-state index contributed by atoms with van der Waals surface area (Å²) in [4.78, 5) is 3.01. The van der Waals surface area contributed by atoms with Gasteiger partial charge in [0.05, 0.1) is 4.90 Å². The van der Waals surface area contributed by atoms with Crippen molar-refractivity contribution in [1.29, 1.82) is 0 Å². The van der Waals surface area contributed by atoms with Gasteiger partial charge in [-0.2, -0.15) is 4.31 Å². The number of benzene rings is 2. The molecule has 1 aliphatic heterocycles. The van der Waals surface area contributed by atoms with Gasteiger partial charge in [-0.1, -0.05) is 42.5 Å². The molecule has 0 N–H and O–H groups in total. The van der Waals surface area contributed by atoms with Gasteiger partial charge in [0.1, 0.15) is 0 Å². The molecule has 0 radical (unpaired) electrons. The zero-order valence-corrected chi connectivity index (χ0v) is 19.5. The predicted octanol–water partition coefficient (Wildman–Crippen LogP) is 4.84. The Morgan fingerprint density at radius 3 is 2.30 bits per heavy atom. The van der Waals surface area contributed by atoms with Crippen molar-refractivity contribution in [3.05, 3.63) is 65.7 Å². The van der Waals surface area contributed by atoms with E-state index < -0.39 is 10.0 Å². The summed E-state index contributed by atoms with van der Waals surface area (Å²) < 4.78 is 27.8. The Hall–Kier alpha value is -1.40. The van der Waals surface area contributed by atoms with E-state index >= 15 is 0 Å². The average Bonchev–Trinajstić information content (AvgIpc) is 3.24. The number of halogens is 1. The first-order valence-corrected chi connectivity index (χ1v) is 12.2. The molecule has 30 heavy (non-hydrogen) atoms. The van der Waals surface area contributed by atoms with Crippen molar-refractivity contribution >= 4 is 22.4 Å². The number of sulfonamides is 1. The third-order valence-electron chi connectivity index (χ3n) is 6.87. The third-order valence-corrected chi connectivity index (χ3v) is 8.78. The lowest BCUT2D eigenvalue weighted by atomic mass is 9.89. The molecule has 1 saturated carbocycles. The lowest BCUT2D eigenvalue weighted by Gasteiger charge is -2.36. The standard InChI is InChI=1S/C24H32N2O2S.ClH/c1-19-7-6-10-24(17-19)29(27,28)25(2)22-11-12-23(18-22)26-15-13-21(14-16-26)20-8-4-3-5-9-20;/h3-10,17,21-23H,11-16,18H2,1-2H3;1H. The minimum absolute atomic E-state index is 0. The van der Waals surface area contributed by atoms with Gasteiger partial charge in [0.15, 0.2) is 0 Å². The van der Waals surface area contributed by atoms with Crippen LogP contribution in [-0.4, -0.2) is 49.8 Å². The first-order chi connectivity index (χ1) is 13.9. The lowest BCUT2D eigenvalue weighted by Crippen LogP contribution is -2.41. The molecule has 2 unspecified atom stereocenters. The first-order valence-electron chi connectivity index (χ1n) is 10.8. The molecule has 1 heterocycles. The highest BCUT2D eigenvalue weighted by Gasteiger charge is 2.37. The molecule has 4 rings (SSSR count). The Morgan fingerprint density at radius 2 is 1.63 bits per heavy atom. The molecule has 1 saturated heterocycles. The molecule has 0 spiro atoms. The molecular formula is C24H33ClN2O2S. The number of hydrogen-bond donors (Lipinski definition) is 0. The number of piperidine rings is 1. The number of nitrogens with zero attached hydrogens (tertiary/aromatic N) is 2. The number of likely N-dealkylation sites (tertiary alicyclic amines) is 1. The van der Waals surface area contributed by atoms with Crippen LogP contribution in [0.15, 0.2) is 59.5 Å². The summed E-state index contributed by atoms with van der Waals surface area (Å²) >= 11 is 0. The van der Waals surface area contributed by atoms with Crippen molar-refractivity contribution < 1.29 is 8.42 Å². The average molecular weight is 449 g/mol. The van der Waals surface area contributed by atoms with Crippen molar-refractivity contribution in [3.63, 3.8) is 0 Å². The van der Waals surface area contributed by atoms with Crippen LogP contribution in [0.1, 0.15) is 49.1 Å². The summed E-state index contributed by atoms with van der Waals surface area (Å²) in [6.07, 6.45) is 5.38. The lowest BCUT2D eigenvalue weighted by molar-refractivity contribution is 0.150. The van der Waals surface area contributed by atoms with Gasteiger partial charge in [-0.15, -0.1) is 12.4 Å². The summed E-state index contributed by atoms with van der Waals surface area (Å²) in [5.41, 5.74) is 2.44. The zero-order chi connectivity index (χ0) is 20.4. The SMILES string of the molecule is Cc1cccc(S(=O)(=O)N(C)C2CCC(N3CCC(c4ccccc4)CC3)C2)c1.Cl. The minimum atomic E-state index is -3.43. The second-order valence-corrected chi connectivity index (χ2v) is 10.7. The predicted molar refractivity (Wildman–Crippen MR) is 125 cm³/mol. The largest absolute Gasteiger partial charge is 0.300 e. The van der Waals surface area contributed by atoms with Gasteiger partial charge in [-0.3, -0.25) is 0 Å². The molecule has 164 valence electrons. The first kappa shape index (κ1) is 23.3. The maximum Gasteiger partial charge on any atom is 0.243 e. The fourth-order valence-electron chi connectivity index (χ4n) is 5.06. The minimum Gasteiger partial charge on any atom is -0.300 e. The molecular weight excluding hydrogens is 416 g/mol. The van der Waals surface area contributed by atoms with E-state index in [1.54, 1.807) is 23.5 Å². The fraction of sp³-hybridized carbons (Fsp3) is 0.500. The van der Waals surface area contributed by atoms with E-state index in [9.17, 15) is 8.42 Å². The van der Waals surface area contributed by atoms with Crippen LogP contribution in [0.5, 0.6) is 0 Å². The van der Waals surface area contributed by atoms with Gasteiger partial charge in [0.25, 0.3) is 0 Å². The highest BCUT2D eigenvalue weighted by atomic mass is 35.5. The Balaban J connectivity index is 0.00000256. The molecule has 2 aliphatic rings. The number of rotatable bonds is 5. The normalized spacial score (nSPS) is 23.4. The second-order valence-electron chi connectivity index (χ2n) is 8.68. The van der Waals surface area contributed by atoms with E-state index in [1.165, 1.54) is 18.4 Å².